The Morgan fingerprint density at radius 3 is 2.82 bits per heavy atom. The molecule has 3 rings (SSSR count). The van der Waals surface area contributed by atoms with Crippen LogP contribution in [0.25, 0.3) is 11.0 Å². The van der Waals surface area contributed by atoms with E-state index in [4.69, 9.17) is 5.26 Å². The van der Waals surface area contributed by atoms with Crippen LogP contribution in [0, 0.1) is 17.2 Å². The second-order valence-corrected chi connectivity index (χ2v) is 7.52. The average molecular weight is 393 g/mol. The van der Waals surface area contributed by atoms with Gasteiger partial charge in [-0.3, -0.25) is 14.2 Å². The van der Waals surface area contributed by atoms with Crippen LogP contribution in [-0.2, 0) is 11.3 Å². The Labute approximate surface area is 166 Å². The number of thioether (sulfide) groups is 1. The van der Waals surface area contributed by atoms with Gasteiger partial charge in [0.1, 0.15) is 6.07 Å². The fourth-order valence-electron chi connectivity index (χ4n) is 2.68. The molecule has 0 radical (unpaired) electrons. The highest BCUT2D eigenvalue weighted by molar-refractivity contribution is 7.99. The molecule has 0 saturated heterocycles. The van der Waals surface area contributed by atoms with Crippen LogP contribution < -0.4 is 10.9 Å². The molecule has 0 aliphatic heterocycles. The summed E-state index contributed by atoms with van der Waals surface area (Å²) >= 11 is 1.18. The number of carbonyl (C=O) groups is 1. The minimum atomic E-state index is -0.279. The highest BCUT2D eigenvalue weighted by Gasteiger charge is 2.15. The first-order chi connectivity index (χ1) is 13.5. The number of carbonyl (C=O) groups excluding carboxylic acids is 1. The van der Waals surface area contributed by atoms with E-state index in [1.807, 2.05) is 19.9 Å². The predicted octanol–water partition coefficient (Wildman–Crippen LogP) is 3.05. The van der Waals surface area contributed by atoms with Gasteiger partial charge in [0.25, 0.3) is 5.56 Å². The lowest BCUT2D eigenvalue weighted by atomic mass is 10.2. The summed E-state index contributed by atoms with van der Waals surface area (Å²) in [6.07, 6.45) is 1.58. The Kier molecular flexibility index (Phi) is 6.06. The maximum atomic E-state index is 12.8. The van der Waals surface area contributed by atoms with Crippen molar-refractivity contribution in [2.45, 2.75) is 25.5 Å². The number of pyridine rings is 1. The minimum Gasteiger partial charge on any atom is -0.324 e. The molecule has 0 aliphatic carbocycles. The zero-order chi connectivity index (χ0) is 20.1. The summed E-state index contributed by atoms with van der Waals surface area (Å²) in [7, 11) is 0. The molecule has 0 unspecified atom stereocenters. The molecule has 0 bridgehead atoms. The van der Waals surface area contributed by atoms with Crippen molar-refractivity contribution in [1.29, 1.82) is 5.26 Å². The Morgan fingerprint density at radius 2 is 2.07 bits per heavy atom. The van der Waals surface area contributed by atoms with Crippen LogP contribution >= 0.6 is 11.8 Å². The van der Waals surface area contributed by atoms with E-state index in [1.165, 1.54) is 11.8 Å². The molecule has 3 aromatic rings. The summed E-state index contributed by atoms with van der Waals surface area (Å²) in [6, 6.07) is 12.3. The van der Waals surface area contributed by atoms with E-state index in [0.717, 1.165) is 0 Å². The van der Waals surface area contributed by atoms with Gasteiger partial charge >= 0.3 is 0 Å². The summed E-state index contributed by atoms with van der Waals surface area (Å²) < 4.78 is 1.59. The van der Waals surface area contributed by atoms with Gasteiger partial charge in [-0.15, -0.1) is 0 Å². The fraction of sp³-hybridized carbons (Fsp3) is 0.250. The Bertz CT molecular complexity index is 1120. The van der Waals surface area contributed by atoms with Crippen molar-refractivity contribution in [3.8, 4) is 6.07 Å². The third-order valence-electron chi connectivity index (χ3n) is 3.90. The third-order valence-corrected chi connectivity index (χ3v) is 4.87. The van der Waals surface area contributed by atoms with E-state index in [1.54, 1.807) is 47.2 Å². The molecule has 0 aliphatic rings. The summed E-state index contributed by atoms with van der Waals surface area (Å²) in [5, 5.41) is 12.8. The van der Waals surface area contributed by atoms with Gasteiger partial charge in [-0.25, -0.2) is 9.97 Å². The number of fused-ring (bicyclic) bond motifs is 1. The van der Waals surface area contributed by atoms with Crippen LogP contribution in [0.1, 0.15) is 19.4 Å². The molecule has 1 N–H and O–H groups in total. The first-order valence-corrected chi connectivity index (χ1v) is 9.75. The van der Waals surface area contributed by atoms with Crippen LogP contribution in [0.5, 0.6) is 0 Å². The van der Waals surface area contributed by atoms with Crippen LogP contribution in [0.3, 0.4) is 0 Å². The number of anilines is 1. The van der Waals surface area contributed by atoms with Gasteiger partial charge in [-0.05, 0) is 30.2 Å². The molecular weight excluding hydrogens is 374 g/mol. The third kappa shape index (κ3) is 4.38. The second-order valence-electron chi connectivity index (χ2n) is 6.57. The number of amides is 1. The summed E-state index contributed by atoms with van der Waals surface area (Å²) in [6.45, 7) is 4.53. The van der Waals surface area contributed by atoms with E-state index in [-0.39, 0.29) is 23.1 Å². The number of nitrogens with one attached hydrogen (secondary N) is 1. The summed E-state index contributed by atoms with van der Waals surface area (Å²) in [4.78, 5) is 33.9. The van der Waals surface area contributed by atoms with Gasteiger partial charge in [0, 0.05) is 12.7 Å². The van der Waals surface area contributed by atoms with Crippen LogP contribution in [0.2, 0.25) is 0 Å². The Morgan fingerprint density at radius 1 is 1.29 bits per heavy atom. The molecule has 0 spiro atoms. The van der Waals surface area contributed by atoms with Crippen molar-refractivity contribution in [3.05, 3.63) is 58.5 Å². The largest absolute Gasteiger partial charge is 0.324 e. The smallest absolute Gasteiger partial charge is 0.263 e. The summed E-state index contributed by atoms with van der Waals surface area (Å²) in [5.41, 5.74) is 1.06. The Hall–Kier alpha value is -3.18. The number of rotatable bonds is 6. The molecule has 1 aromatic carbocycles. The van der Waals surface area contributed by atoms with Crippen LogP contribution in [-0.4, -0.2) is 26.2 Å². The van der Waals surface area contributed by atoms with Gasteiger partial charge in [-0.2, -0.15) is 5.26 Å². The lowest BCUT2D eigenvalue weighted by Crippen LogP contribution is -2.26. The SMILES string of the molecule is CC(C)Cn1c(SCC(=O)Nc2ccccc2C#N)nc2ncccc2c1=O. The van der Waals surface area contributed by atoms with Crippen molar-refractivity contribution < 1.29 is 4.79 Å². The molecule has 28 heavy (non-hydrogen) atoms. The molecular formula is C20H19N5O2S. The normalized spacial score (nSPS) is 10.8. The molecule has 0 atom stereocenters. The number of nitrogens with zero attached hydrogens (tertiary/aromatic N) is 4. The number of aromatic nitrogens is 3. The van der Waals surface area contributed by atoms with Crippen molar-refractivity contribution in [2.75, 3.05) is 11.1 Å². The number of hydrogen-bond acceptors (Lipinski definition) is 6. The number of benzene rings is 1. The first-order valence-electron chi connectivity index (χ1n) is 8.77. The van der Waals surface area contributed by atoms with E-state index < -0.39 is 0 Å². The standard InChI is InChI=1S/C20H19N5O2S/c1-13(2)11-25-19(27)15-7-5-9-22-18(15)24-20(25)28-12-17(26)23-16-8-4-3-6-14(16)10-21/h3-9,13H,11-12H2,1-2H3,(H,23,26). The molecule has 2 heterocycles. The predicted molar refractivity (Wildman–Crippen MR) is 109 cm³/mol. The van der Waals surface area contributed by atoms with Crippen molar-refractivity contribution >= 4 is 34.4 Å². The van der Waals surface area contributed by atoms with Crippen LogP contribution in [0.15, 0.2) is 52.5 Å². The van der Waals surface area contributed by atoms with Crippen molar-refractivity contribution in [1.82, 2.24) is 14.5 Å². The molecule has 0 saturated carbocycles. The molecule has 7 nitrogen and oxygen atoms in total. The van der Waals surface area contributed by atoms with Crippen molar-refractivity contribution in [3.63, 3.8) is 0 Å². The monoisotopic (exact) mass is 393 g/mol. The van der Waals surface area contributed by atoms with Gasteiger partial charge in [0.05, 0.1) is 22.4 Å². The average Bonchev–Trinajstić information content (AvgIpc) is 2.69. The zero-order valence-corrected chi connectivity index (χ0v) is 16.4. The molecule has 1 amide bonds. The molecule has 0 fully saturated rings. The maximum absolute atomic E-state index is 12.8. The molecule has 142 valence electrons. The van der Waals surface area contributed by atoms with Gasteiger partial charge in [-0.1, -0.05) is 37.7 Å². The van der Waals surface area contributed by atoms with E-state index in [0.29, 0.717) is 34.0 Å². The van der Waals surface area contributed by atoms with Gasteiger partial charge < -0.3 is 5.32 Å². The number of nitriles is 1. The topological polar surface area (TPSA) is 101 Å². The van der Waals surface area contributed by atoms with E-state index in [9.17, 15) is 9.59 Å². The minimum absolute atomic E-state index is 0.0582. The van der Waals surface area contributed by atoms with Gasteiger partial charge in [0.2, 0.25) is 5.91 Å². The maximum Gasteiger partial charge on any atom is 0.263 e. The fourth-order valence-corrected chi connectivity index (χ4v) is 3.48. The molecule has 2 aromatic heterocycles. The van der Waals surface area contributed by atoms with Crippen LogP contribution in [0.4, 0.5) is 5.69 Å². The van der Waals surface area contributed by atoms with E-state index >= 15 is 0 Å². The summed E-state index contributed by atoms with van der Waals surface area (Å²) in [5.74, 6) is 0.0197. The number of para-hydroxylation sites is 1. The van der Waals surface area contributed by atoms with Gasteiger partial charge in [0.15, 0.2) is 10.8 Å². The van der Waals surface area contributed by atoms with Crippen molar-refractivity contribution in [2.24, 2.45) is 5.92 Å². The first kappa shape index (κ1) is 19.6. The molecule has 8 heteroatoms. The number of hydrogen-bond donors (Lipinski definition) is 1. The highest BCUT2D eigenvalue weighted by Crippen LogP contribution is 2.19. The van der Waals surface area contributed by atoms with E-state index in [2.05, 4.69) is 15.3 Å². The zero-order valence-electron chi connectivity index (χ0n) is 15.5. The highest BCUT2D eigenvalue weighted by atomic mass is 32.2. The second kappa shape index (κ2) is 8.67. The lowest BCUT2D eigenvalue weighted by molar-refractivity contribution is -0.113. The Balaban J connectivity index is 1.84. The lowest BCUT2D eigenvalue weighted by Gasteiger charge is -2.14. The quantitative estimate of drug-likeness (QED) is 0.510.